The minimum Gasteiger partial charge on any atom is -0.489 e. The van der Waals surface area contributed by atoms with Gasteiger partial charge in [0, 0.05) is 6.54 Å². The molecule has 216 valence electrons. The molecule has 1 atom stereocenters. The first-order chi connectivity index (χ1) is 19.1. The van der Waals surface area contributed by atoms with E-state index in [1.165, 1.54) is 12.1 Å². The average molecular weight is 568 g/mol. The Bertz CT molecular complexity index is 1360. The molecule has 3 aromatic carbocycles. The Morgan fingerprint density at radius 3 is 2.40 bits per heavy atom. The highest BCUT2D eigenvalue weighted by atomic mass is 32.2. The van der Waals surface area contributed by atoms with Crippen molar-refractivity contribution in [2.45, 2.75) is 57.1 Å². The number of piperidine rings is 1. The molecule has 4 rings (SSSR count). The summed E-state index contributed by atoms with van der Waals surface area (Å²) in [6, 6.07) is 18.4. The van der Waals surface area contributed by atoms with Crippen molar-refractivity contribution in [3.8, 4) is 5.75 Å². The van der Waals surface area contributed by atoms with Gasteiger partial charge in [-0.2, -0.15) is 0 Å². The number of carbonyl (C=O) groups excluding carboxylic acids is 1. The molecule has 3 aromatic rings. The van der Waals surface area contributed by atoms with Crippen molar-refractivity contribution in [2.24, 2.45) is 17.6 Å². The van der Waals surface area contributed by atoms with Gasteiger partial charge >= 0.3 is 6.03 Å². The number of urea groups is 1. The van der Waals surface area contributed by atoms with E-state index in [-0.39, 0.29) is 4.90 Å². The summed E-state index contributed by atoms with van der Waals surface area (Å²) in [5.74, 6) is 1.19. The molecule has 0 aromatic heterocycles. The second-order valence-electron chi connectivity index (χ2n) is 11.2. The highest BCUT2D eigenvalue weighted by Crippen LogP contribution is 2.26. The number of hydrogen-bond donors (Lipinski definition) is 2. The monoisotopic (exact) mass is 567 g/mol. The summed E-state index contributed by atoms with van der Waals surface area (Å²) in [7, 11) is -3.80. The van der Waals surface area contributed by atoms with Crippen LogP contribution in [-0.4, -0.2) is 61.0 Å². The van der Waals surface area contributed by atoms with E-state index in [2.05, 4.69) is 18.7 Å². The van der Waals surface area contributed by atoms with Crippen LogP contribution in [-0.2, 0) is 16.4 Å². The Balaban J connectivity index is 1.36. The van der Waals surface area contributed by atoms with Crippen LogP contribution in [0.15, 0.2) is 71.6 Å². The second kappa shape index (κ2) is 13.5. The maximum absolute atomic E-state index is 13.3. The summed E-state index contributed by atoms with van der Waals surface area (Å²) >= 11 is 0. The van der Waals surface area contributed by atoms with Gasteiger partial charge in [0.25, 0.3) is 0 Å². The highest BCUT2D eigenvalue weighted by molar-refractivity contribution is 7.91. The van der Waals surface area contributed by atoms with E-state index in [4.69, 9.17) is 10.5 Å². The van der Waals surface area contributed by atoms with Crippen LogP contribution >= 0.6 is 0 Å². The molecule has 3 N–H and O–H groups in total. The van der Waals surface area contributed by atoms with E-state index in [9.17, 15) is 18.4 Å². The topological polar surface area (TPSA) is 113 Å². The number of primary amides is 1. The van der Waals surface area contributed by atoms with Crippen molar-refractivity contribution in [1.29, 1.82) is 0 Å². The Morgan fingerprint density at radius 2 is 1.73 bits per heavy atom. The van der Waals surface area contributed by atoms with Gasteiger partial charge in [-0.05, 0) is 91.2 Å². The predicted octanol–water partition coefficient (Wildman–Crippen LogP) is 5.48. The molecule has 40 heavy (non-hydrogen) atoms. The molecule has 9 heteroatoms. The second-order valence-corrected chi connectivity index (χ2v) is 13.3. The lowest BCUT2D eigenvalue weighted by Gasteiger charge is -2.34. The van der Waals surface area contributed by atoms with Gasteiger partial charge < -0.3 is 15.4 Å². The molecule has 0 spiro atoms. The van der Waals surface area contributed by atoms with Crippen molar-refractivity contribution in [2.75, 3.05) is 25.4 Å². The SMILES string of the molecule is CC(C)CN1CCC(CCC(CS(=O)(=O)c2ccc(OCc3cccc4ccccc34)cc2)N(O)C(N)=O)CC1. The Kier molecular flexibility index (Phi) is 10.1. The van der Waals surface area contributed by atoms with Crippen LogP contribution in [0.5, 0.6) is 5.75 Å². The molecular weight excluding hydrogens is 526 g/mol. The van der Waals surface area contributed by atoms with Crippen molar-refractivity contribution in [3.05, 3.63) is 72.3 Å². The maximum atomic E-state index is 13.3. The zero-order valence-corrected chi connectivity index (χ0v) is 24.2. The number of nitrogens with zero attached hydrogens (tertiary/aromatic N) is 2. The lowest BCUT2D eigenvalue weighted by atomic mass is 9.90. The van der Waals surface area contributed by atoms with E-state index in [1.807, 2.05) is 42.5 Å². The van der Waals surface area contributed by atoms with E-state index in [0.29, 0.717) is 35.7 Å². The first-order valence-electron chi connectivity index (χ1n) is 14.0. The van der Waals surface area contributed by atoms with Gasteiger partial charge in [-0.15, -0.1) is 0 Å². The Hall–Kier alpha value is -3.14. The zero-order valence-electron chi connectivity index (χ0n) is 23.4. The number of fused-ring (bicyclic) bond motifs is 1. The molecule has 2 amide bonds. The van der Waals surface area contributed by atoms with Crippen LogP contribution in [0, 0.1) is 11.8 Å². The molecule has 8 nitrogen and oxygen atoms in total. The molecule has 1 heterocycles. The molecule has 1 aliphatic heterocycles. The Morgan fingerprint density at radius 1 is 1.05 bits per heavy atom. The van der Waals surface area contributed by atoms with Crippen LogP contribution in [0.2, 0.25) is 0 Å². The smallest absolute Gasteiger partial charge is 0.338 e. The van der Waals surface area contributed by atoms with Crippen LogP contribution in [0.1, 0.15) is 45.1 Å². The van der Waals surface area contributed by atoms with Gasteiger partial charge in [0.2, 0.25) is 0 Å². The third-order valence-corrected chi connectivity index (χ3v) is 9.49. The van der Waals surface area contributed by atoms with Gasteiger partial charge in [0.15, 0.2) is 9.84 Å². The summed E-state index contributed by atoms with van der Waals surface area (Å²) < 4.78 is 32.5. The molecule has 0 radical (unpaired) electrons. The molecule has 1 unspecified atom stereocenters. The van der Waals surface area contributed by atoms with Crippen LogP contribution in [0.3, 0.4) is 0 Å². The molecule has 0 aliphatic carbocycles. The highest BCUT2D eigenvalue weighted by Gasteiger charge is 2.29. The fourth-order valence-electron chi connectivity index (χ4n) is 5.53. The molecular formula is C31H41N3O5S. The van der Waals surface area contributed by atoms with Crippen LogP contribution in [0.4, 0.5) is 4.79 Å². The van der Waals surface area contributed by atoms with Crippen LogP contribution < -0.4 is 10.5 Å². The summed E-state index contributed by atoms with van der Waals surface area (Å²) in [6.45, 7) is 7.88. The number of ether oxygens (including phenoxy) is 1. The van der Waals surface area contributed by atoms with E-state index in [0.717, 1.165) is 55.2 Å². The third kappa shape index (κ3) is 7.96. The fourth-order valence-corrected chi connectivity index (χ4v) is 7.09. The van der Waals surface area contributed by atoms with Crippen molar-refractivity contribution in [3.63, 3.8) is 0 Å². The van der Waals surface area contributed by atoms with Gasteiger partial charge in [-0.1, -0.05) is 56.3 Å². The number of hydrogen-bond acceptors (Lipinski definition) is 6. The van der Waals surface area contributed by atoms with Gasteiger partial charge in [-0.25, -0.2) is 18.3 Å². The van der Waals surface area contributed by atoms with Gasteiger partial charge in [0.1, 0.15) is 12.4 Å². The van der Waals surface area contributed by atoms with Gasteiger partial charge in [-0.3, -0.25) is 5.21 Å². The number of hydroxylamine groups is 2. The molecule has 1 fully saturated rings. The first kappa shape index (κ1) is 29.8. The lowest BCUT2D eigenvalue weighted by Crippen LogP contribution is -2.45. The number of sulfone groups is 1. The third-order valence-electron chi connectivity index (χ3n) is 7.68. The minimum absolute atomic E-state index is 0.106. The predicted molar refractivity (Wildman–Crippen MR) is 157 cm³/mol. The molecule has 1 saturated heterocycles. The number of nitrogens with two attached hydrogens (primary N) is 1. The maximum Gasteiger partial charge on any atom is 0.338 e. The summed E-state index contributed by atoms with van der Waals surface area (Å²) in [4.78, 5) is 14.3. The van der Waals surface area contributed by atoms with E-state index < -0.39 is 27.7 Å². The van der Waals surface area contributed by atoms with Crippen molar-refractivity contribution >= 4 is 26.6 Å². The fraction of sp³-hybridized carbons (Fsp3) is 0.452. The number of likely N-dealkylation sites (tertiary alicyclic amines) is 1. The average Bonchev–Trinajstić information content (AvgIpc) is 2.94. The molecule has 0 saturated carbocycles. The first-order valence-corrected chi connectivity index (χ1v) is 15.7. The van der Waals surface area contributed by atoms with Gasteiger partial charge in [0.05, 0.1) is 16.7 Å². The van der Waals surface area contributed by atoms with Crippen LogP contribution in [0.25, 0.3) is 10.8 Å². The minimum atomic E-state index is -3.80. The van der Waals surface area contributed by atoms with Crippen molar-refractivity contribution < 1.29 is 23.2 Å². The quantitative estimate of drug-likeness (QED) is 0.221. The van der Waals surface area contributed by atoms with Crippen molar-refractivity contribution in [1.82, 2.24) is 9.96 Å². The summed E-state index contributed by atoms with van der Waals surface area (Å²) in [5, 5.41) is 13.0. The summed E-state index contributed by atoms with van der Waals surface area (Å²) in [6.07, 6.45) is 3.13. The number of benzene rings is 3. The Labute approximate surface area is 237 Å². The van der Waals surface area contributed by atoms with E-state index in [1.54, 1.807) is 12.1 Å². The number of rotatable bonds is 12. The lowest BCUT2D eigenvalue weighted by molar-refractivity contribution is -0.0721. The standard InChI is InChI=1S/C31H41N3O5S/c1-23(2)20-33-18-16-24(17-19-33)10-11-27(34(36)31(32)35)22-40(37,38)29-14-12-28(13-15-29)39-21-26-8-5-7-25-6-3-4-9-30(25)26/h3-9,12-15,23-24,27,36H,10-11,16-22H2,1-2H3,(H2,32,35). The number of amides is 2. The zero-order chi connectivity index (χ0) is 28.7. The summed E-state index contributed by atoms with van der Waals surface area (Å²) in [5.41, 5.74) is 6.36. The largest absolute Gasteiger partial charge is 0.489 e. The van der Waals surface area contributed by atoms with E-state index >= 15 is 0 Å². The molecule has 0 bridgehead atoms. The number of carbonyl (C=O) groups is 1. The molecule has 1 aliphatic rings. The normalized spacial score (nSPS) is 15.8.